The second-order valence-electron chi connectivity index (χ2n) is 5.74. The molecule has 0 spiro atoms. The maximum Gasteiger partial charge on any atom is 0.101 e. The summed E-state index contributed by atoms with van der Waals surface area (Å²) in [6.45, 7) is 5.12. The fourth-order valence-electron chi connectivity index (χ4n) is 3.09. The SMILES string of the molecule is CCNC(c1coc(C)c1)c1ccccc1C1CCC1. The highest BCUT2D eigenvalue weighted by Gasteiger charge is 2.25. The minimum Gasteiger partial charge on any atom is -0.469 e. The van der Waals surface area contributed by atoms with Gasteiger partial charge in [0, 0.05) is 5.56 Å². The summed E-state index contributed by atoms with van der Waals surface area (Å²) in [5, 5.41) is 3.61. The van der Waals surface area contributed by atoms with Gasteiger partial charge in [-0.25, -0.2) is 0 Å². The molecule has 1 heterocycles. The first kappa shape index (κ1) is 13.4. The Kier molecular flexibility index (Phi) is 3.93. The van der Waals surface area contributed by atoms with Crippen LogP contribution in [-0.4, -0.2) is 6.54 Å². The molecule has 0 radical (unpaired) electrons. The minimum atomic E-state index is 0.245. The van der Waals surface area contributed by atoms with Gasteiger partial charge in [-0.05, 0) is 49.4 Å². The molecule has 3 rings (SSSR count). The molecule has 1 saturated carbocycles. The average molecular weight is 269 g/mol. The number of nitrogens with one attached hydrogen (secondary N) is 1. The molecule has 0 saturated heterocycles. The summed E-state index contributed by atoms with van der Waals surface area (Å²) in [5.41, 5.74) is 4.17. The van der Waals surface area contributed by atoms with Crippen LogP contribution >= 0.6 is 0 Å². The highest BCUT2D eigenvalue weighted by molar-refractivity contribution is 5.39. The standard InChI is InChI=1S/C18H23NO/c1-3-19-18(15-11-13(2)20-12-15)17-10-5-4-9-16(17)14-7-6-8-14/h4-5,9-12,14,18-19H,3,6-8H2,1-2H3. The van der Waals surface area contributed by atoms with Gasteiger partial charge in [0.25, 0.3) is 0 Å². The summed E-state index contributed by atoms with van der Waals surface area (Å²) in [6, 6.07) is 11.3. The van der Waals surface area contributed by atoms with Gasteiger partial charge in [-0.1, -0.05) is 37.6 Å². The van der Waals surface area contributed by atoms with Crippen molar-refractivity contribution in [3.63, 3.8) is 0 Å². The number of hydrogen-bond donors (Lipinski definition) is 1. The lowest BCUT2D eigenvalue weighted by atomic mass is 9.76. The second kappa shape index (κ2) is 5.84. The fourth-order valence-corrected chi connectivity index (χ4v) is 3.09. The monoisotopic (exact) mass is 269 g/mol. The van der Waals surface area contributed by atoms with E-state index in [4.69, 9.17) is 4.42 Å². The second-order valence-corrected chi connectivity index (χ2v) is 5.74. The summed E-state index contributed by atoms with van der Waals surface area (Å²) in [5.74, 6) is 1.73. The van der Waals surface area contributed by atoms with Crippen molar-refractivity contribution in [2.45, 2.75) is 45.1 Å². The molecule has 1 aromatic heterocycles. The highest BCUT2D eigenvalue weighted by Crippen LogP contribution is 2.40. The van der Waals surface area contributed by atoms with Gasteiger partial charge in [-0.15, -0.1) is 0 Å². The van der Waals surface area contributed by atoms with E-state index in [9.17, 15) is 0 Å². The van der Waals surface area contributed by atoms with Crippen molar-refractivity contribution < 1.29 is 4.42 Å². The van der Waals surface area contributed by atoms with E-state index in [2.05, 4.69) is 42.6 Å². The number of aryl methyl sites for hydroxylation is 1. The van der Waals surface area contributed by atoms with E-state index in [-0.39, 0.29) is 6.04 Å². The molecule has 1 aliphatic rings. The lowest BCUT2D eigenvalue weighted by Gasteiger charge is -2.30. The Balaban J connectivity index is 1.98. The van der Waals surface area contributed by atoms with E-state index in [1.54, 1.807) is 0 Å². The molecule has 0 aliphatic heterocycles. The van der Waals surface area contributed by atoms with E-state index in [0.29, 0.717) is 0 Å². The topological polar surface area (TPSA) is 25.2 Å². The van der Waals surface area contributed by atoms with Crippen molar-refractivity contribution >= 4 is 0 Å². The van der Waals surface area contributed by atoms with Gasteiger partial charge in [0.2, 0.25) is 0 Å². The van der Waals surface area contributed by atoms with Crippen LogP contribution in [0.2, 0.25) is 0 Å². The molecule has 2 aromatic rings. The van der Waals surface area contributed by atoms with Crippen LogP contribution in [-0.2, 0) is 0 Å². The predicted molar refractivity (Wildman–Crippen MR) is 82.0 cm³/mol. The summed E-state index contributed by atoms with van der Waals surface area (Å²) in [7, 11) is 0. The third-order valence-corrected chi connectivity index (χ3v) is 4.34. The van der Waals surface area contributed by atoms with E-state index < -0.39 is 0 Å². The molecular weight excluding hydrogens is 246 g/mol. The molecule has 106 valence electrons. The van der Waals surface area contributed by atoms with E-state index in [1.165, 1.54) is 36.0 Å². The normalized spacial score (nSPS) is 16.9. The third kappa shape index (κ3) is 2.53. The molecule has 20 heavy (non-hydrogen) atoms. The Morgan fingerprint density at radius 3 is 2.70 bits per heavy atom. The maximum atomic E-state index is 5.51. The molecule has 0 amide bonds. The molecule has 0 bridgehead atoms. The molecule has 1 aromatic carbocycles. The molecule has 1 fully saturated rings. The Labute approximate surface area is 121 Å². The smallest absolute Gasteiger partial charge is 0.101 e. The van der Waals surface area contributed by atoms with E-state index in [0.717, 1.165) is 18.2 Å². The summed E-state index contributed by atoms with van der Waals surface area (Å²) in [4.78, 5) is 0. The van der Waals surface area contributed by atoms with Crippen molar-refractivity contribution in [1.82, 2.24) is 5.32 Å². The molecular formula is C18H23NO. The molecule has 2 nitrogen and oxygen atoms in total. The van der Waals surface area contributed by atoms with Gasteiger partial charge in [0.15, 0.2) is 0 Å². The Morgan fingerprint density at radius 1 is 1.30 bits per heavy atom. The predicted octanol–water partition coefficient (Wildman–Crippen LogP) is 4.55. The van der Waals surface area contributed by atoms with E-state index in [1.807, 2.05) is 13.2 Å². The first-order valence-electron chi connectivity index (χ1n) is 7.67. The number of furan rings is 1. The summed E-state index contributed by atoms with van der Waals surface area (Å²) >= 11 is 0. The van der Waals surface area contributed by atoms with Crippen LogP contribution in [0.5, 0.6) is 0 Å². The van der Waals surface area contributed by atoms with Crippen molar-refractivity contribution in [3.05, 3.63) is 59.0 Å². The maximum absolute atomic E-state index is 5.51. The molecule has 1 unspecified atom stereocenters. The third-order valence-electron chi connectivity index (χ3n) is 4.34. The average Bonchev–Trinajstić information content (AvgIpc) is 2.81. The Morgan fingerprint density at radius 2 is 2.10 bits per heavy atom. The van der Waals surface area contributed by atoms with Gasteiger partial charge in [0.05, 0.1) is 12.3 Å². The van der Waals surface area contributed by atoms with Crippen LogP contribution in [0.25, 0.3) is 0 Å². The van der Waals surface area contributed by atoms with Gasteiger partial charge < -0.3 is 9.73 Å². The lowest BCUT2D eigenvalue weighted by molar-refractivity contribution is 0.414. The van der Waals surface area contributed by atoms with Crippen molar-refractivity contribution in [1.29, 1.82) is 0 Å². The zero-order chi connectivity index (χ0) is 13.9. The number of benzene rings is 1. The quantitative estimate of drug-likeness (QED) is 0.861. The number of rotatable bonds is 5. The lowest BCUT2D eigenvalue weighted by Crippen LogP contribution is -2.24. The van der Waals surface area contributed by atoms with Gasteiger partial charge in [-0.2, -0.15) is 0 Å². The molecule has 1 aliphatic carbocycles. The van der Waals surface area contributed by atoms with Crippen LogP contribution in [0.15, 0.2) is 41.0 Å². The Bertz CT molecular complexity index is 568. The van der Waals surface area contributed by atoms with Crippen LogP contribution in [0.1, 0.15) is 60.6 Å². The molecule has 2 heteroatoms. The summed E-state index contributed by atoms with van der Waals surface area (Å²) < 4.78 is 5.51. The van der Waals surface area contributed by atoms with Crippen LogP contribution in [0.4, 0.5) is 0 Å². The van der Waals surface area contributed by atoms with Crippen molar-refractivity contribution in [2.24, 2.45) is 0 Å². The zero-order valence-electron chi connectivity index (χ0n) is 12.4. The Hall–Kier alpha value is -1.54. The van der Waals surface area contributed by atoms with Gasteiger partial charge in [0.1, 0.15) is 5.76 Å². The largest absolute Gasteiger partial charge is 0.469 e. The fraction of sp³-hybridized carbons (Fsp3) is 0.444. The van der Waals surface area contributed by atoms with Crippen LogP contribution < -0.4 is 5.32 Å². The molecule has 1 atom stereocenters. The van der Waals surface area contributed by atoms with Crippen molar-refractivity contribution in [3.8, 4) is 0 Å². The minimum absolute atomic E-state index is 0.245. The van der Waals surface area contributed by atoms with Crippen LogP contribution in [0.3, 0.4) is 0 Å². The van der Waals surface area contributed by atoms with E-state index >= 15 is 0 Å². The van der Waals surface area contributed by atoms with Gasteiger partial charge >= 0.3 is 0 Å². The first-order chi connectivity index (χ1) is 9.79. The van der Waals surface area contributed by atoms with Crippen molar-refractivity contribution in [2.75, 3.05) is 6.54 Å². The van der Waals surface area contributed by atoms with Crippen LogP contribution in [0, 0.1) is 6.92 Å². The first-order valence-corrected chi connectivity index (χ1v) is 7.67. The summed E-state index contributed by atoms with van der Waals surface area (Å²) in [6.07, 6.45) is 5.93. The van der Waals surface area contributed by atoms with Gasteiger partial charge in [-0.3, -0.25) is 0 Å². The molecule has 1 N–H and O–H groups in total. The zero-order valence-corrected chi connectivity index (χ0v) is 12.4. The highest BCUT2D eigenvalue weighted by atomic mass is 16.3. The number of hydrogen-bond acceptors (Lipinski definition) is 2.